The Morgan fingerprint density at radius 2 is 1.67 bits per heavy atom. The topological polar surface area (TPSA) is 20.2 Å². The van der Waals surface area contributed by atoms with Gasteiger partial charge in [-0.3, -0.25) is 0 Å². The summed E-state index contributed by atoms with van der Waals surface area (Å²) < 4.78 is 1.30. The fraction of sp³-hybridized carbons (Fsp3) is 1.00. The first kappa shape index (κ1) is 12.7. The summed E-state index contributed by atoms with van der Waals surface area (Å²) in [7, 11) is 0. The molecule has 74 valence electrons. The average Bonchev–Trinajstić information content (AvgIpc) is 2.10. The molecule has 12 heavy (non-hydrogen) atoms. The molecule has 1 nitrogen and oxygen atoms in total. The number of alkyl halides is 1. The Balaban J connectivity index is 2.90. The molecule has 0 heterocycles. The van der Waals surface area contributed by atoms with Gasteiger partial charge >= 0.3 is 0 Å². The average molecular weight is 284 g/mol. The van der Waals surface area contributed by atoms with Crippen LogP contribution < -0.4 is 0 Å². The number of hydrogen-bond donors (Lipinski definition) is 1. The summed E-state index contributed by atoms with van der Waals surface area (Å²) in [4.78, 5) is 0. The molecular weight excluding hydrogens is 263 g/mol. The molecule has 0 radical (unpaired) electrons. The van der Waals surface area contributed by atoms with Gasteiger partial charge in [0.1, 0.15) is 0 Å². The van der Waals surface area contributed by atoms with Crippen LogP contribution in [0, 0.1) is 5.92 Å². The molecule has 0 amide bonds. The lowest BCUT2D eigenvalue weighted by Gasteiger charge is -2.06. The minimum absolute atomic E-state index is 0.355. The van der Waals surface area contributed by atoms with Crippen LogP contribution in [0.15, 0.2) is 0 Å². The summed E-state index contributed by atoms with van der Waals surface area (Å²) in [5, 5.41) is 8.77. The molecular formula is C10H21IO. The molecule has 1 N–H and O–H groups in total. The molecule has 0 fully saturated rings. The van der Waals surface area contributed by atoms with Gasteiger partial charge in [0.25, 0.3) is 0 Å². The summed E-state index contributed by atoms with van der Waals surface area (Å²) in [5.74, 6) is 0.509. The Kier molecular flexibility index (Phi) is 10.3. The maximum Gasteiger partial charge on any atom is 0.0456 e. The van der Waals surface area contributed by atoms with Gasteiger partial charge in [-0.15, -0.1) is 0 Å². The van der Waals surface area contributed by atoms with Crippen molar-refractivity contribution < 1.29 is 5.11 Å². The van der Waals surface area contributed by atoms with E-state index < -0.39 is 0 Å². The summed E-state index contributed by atoms with van der Waals surface area (Å²) in [5.41, 5.74) is 0. The fourth-order valence-corrected chi connectivity index (χ4v) is 1.75. The van der Waals surface area contributed by atoms with Crippen molar-refractivity contribution in [3.05, 3.63) is 0 Å². The van der Waals surface area contributed by atoms with Crippen LogP contribution >= 0.6 is 22.6 Å². The normalized spacial score (nSPS) is 13.2. The predicted octanol–water partition coefficient (Wildman–Crippen LogP) is 3.39. The number of halogens is 1. The van der Waals surface area contributed by atoms with E-state index in [2.05, 4.69) is 29.5 Å². The second-order valence-electron chi connectivity index (χ2n) is 3.53. The molecule has 0 bridgehead atoms. The SMILES string of the molecule is C[C@@H](CO)CCCCCCCI. The largest absolute Gasteiger partial charge is 0.396 e. The third-order valence-corrected chi connectivity index (χ3v) is 2.91. The second kappa shape index (κ2) is 9.78. The summed E-state index contributed by atoms with van der Waals surface area (Å²) >= 11 is 2.43. The summed E-state index contributed by atoms with van der Waals surface area (Å²) in [6, 6.07) is 0. The molecule has 0 aliphatic rings. The van der Waals surface area contributed by atoms with Crippen molar-refractivity contribution in [1.29, 1.82) is 0 Å². The number of unbranched alkanes of at least 4 members (excludes halogenated alkanes) is 4. The first-order valence-electron chi connectivity index (χ1n) is 4.98. The minimum atomic E-state index is 0.355. The molecule has 0 aliphatic carbocycles. The third kappa shape index (κ3) is 8.78. The maximum atomic E-state index is 8.77. The Morgan fingerprint density at radius 3 is 2.25 bits per heavy atom. The van der Waals surface area contributed by atoms with Gasteiger partial charge in [0, 0.05) is 6.61 Å². The Bertz CT molecular complexity index is 85.9. The van der Waals surface area contributed by atoms with Crippen LogP contribution in [0.5, 0.6) is 0 Å². The standard InChI is InChI=1S/C10H21IO/c1-10(9-12)7-5-3-2-4-6-8-11/h10,12H,2-9H2,1H3/t10-/m1/s1. The highest BCUT2D eigenvalue weighted by Crippen LogP contribution is 2.10. The van der Waals surface area contributed by atoms with E-state index in [9.17, 15) is 0 Å². The van der Waals surface area contributed by atoms with Crippen LogP contribution in [0.4, 0.5) is 0 Å². The van der Waals surface area contributed by atoms with Gasteiger partial charge in [0.05, 0.1) is 0 Å². The maximum absolute atomic E-state index is 8.77. The highest BCUT2D eigenvalue weighted by atomic mass is 127. The highest BCUT2D eigenvalue weighted by molar-refractivity contribution is 14.1. The van der Waals surface area contributed by atoms with Crippen molar-refractivity contribution in [1.82, 2.24) is 0 Å². The van der Waals surface area contributed by atoms with Crippen LogP contribution in [-0.2, 0) is 0 Å². The lowest BCUT2D eigenvalue weighted by atomic mass is 10.0. The highest BCUT2D eigenvalue weighted by Gasteiger charge is 1.98. The molecule has 0 aromatic carbocycles. The quantitative estimate of drug-likeness (QED) is 0.411. The molecule has 0 unspecified atom stereocenters. The molecule has 0 aliphatic heterocycles. The van der Waals surface area contributed by atoms with Gasteiger partial charge in [-0.2, -0.15) is 0 Å². The zero-order valence-electron chi connectivity index (χ0n) is 8.06. The van der Waals surface area contributed by atoms with Gasteiger partial charge < -0.3 is 5.11 Å². The fourth-order valence-electron chi connectivity index (χ4n) is 1.21. The van der Waals surface area contributed by atoms with Gasteiger partial charge in [0.2, 0.25) is 0 Å². The molecule has 0 aromatic heterocycles. The van der Waals surface area contributed by atoms with E-state index in [0.29, 0.717) is 12.5 Å². The van der Waals surface area contributed by atoms with Gasteiger partial charge in [-0.05, 0) is 23.2 Å². The van der Waals surface area contributed by atoms with Crippen LogP contribution in [0.2, 0.25) is 0 Å². The lowest BCUT2D eigenvalue weighted by Crippen LogP contribution is -1.99. The van der Waals surface area contributed by atoms with Crippen molar-refractivity contribution in [2.24, 2.45) is 5.92 Å². The van der Waals surface area contributed by atoms with E-state index in [0.717, 1.165) is 0 Å². The van der Waals surface area contributed by atoms with Crippen LogP contribution in [0.1, 0.15) is 45.4 Å². The van der Waals surface area contributed by atoms with Gasteiger partial charge in [-0.25, -0.2) is 0 Å². The number of aliphatic hydroxyl groups is 1. The van der Waals surface area contributed by atoms with Gasteiger partial charge in [0.15, 0.2) is 0 Å². The van der Waals surface area contributed by atoms with Crippen LogP contribution in [-0.4, -0.2) is 16.1 Å². The Morgan fingerprint density at radius 1 is 1.08 bits per heavy atom. The van der Waals surface area contributed by atoms with E-state index in [1.807, 2.05) is 0 Å². The third-order valence-electron chi connectivity index (χ3n) is 2.14. The zero-order chi connectivity index (χ0) is 9.23. The molecule has 0 rings (SSSR count). The number of rotatable bonds is 8. The Labute approximate surface area is 90.1 Å². The number of hydrogen-bond acceptors (Lipinski definition) is 1. The number of aliphatic hydroxyl groups excluding tert-OH is 1. The van der Waals surface area contributed by atoms with E-state index >= 15 is 0 Å². The van der Waals surface area contributed by atoms with Crippen molar-refractivity contribution in [2.45, 2.75) is 45.4 Å². The monoisotopic (exact) mass is 284 g/mol. The molecule has 0 saturated heterocycles. The van der Waals surface area contributed by atoms with Crippen molar-refractivity contribution in [3.63, 3.8) is 0 Å². The molecule has 1 atom stereocenters. The lowest BCUT2D eigenvalue weighted by molar-refractivity contribution is 0.227. The first-order chi connectivity index (χ1) is 5.81. The first-order valence-corrected chi connectivity index (χ1v) is 6.50. The molecule has 0 aromatic rings. The predicted molar refractivity (Wildman–Crippen MR) is 62.8 cm³/mol. The van der Waals surface area contributed by atoms with Gasteiger partial charge in [-0.1, -0.05) is 55.2 Å². The smallest absolute Gasteiger partial charge is 0.0456 e. The summed E-state index contributed by atoms with van der Waals surface area (Å²) in [6.45, 7) is 2.47. The second-order valence-corrected chi connectivity index (χ2v) is 4.61. The molecule has 0 saturated carbocycles. The van der Waals surface area contributed by atoms with E-state index in [1.165, 1.54) is 43.0 Å². The van der Waals surface area contributed by atoms with E-state index in [1.54, 1.807) is 0 Å². The minimum Gasteiger partial charge on any atom is -0.396 e. The van der Waals surface area contributed by atoms with E-state index in [4.69, 9.17) is 5.11 Å². The zero-order valence-corrected chi connectivity index (χ0v) is 10.2. The summed E-state index contributed by atoms with van der Waals surface area (Å²) in [6.07, 6.45) is 7.97. The van der Waals surface area contributed by atoms with Crippen LogP contribution in [0.3, 0.4) is 0 Å². The van der Waals surface area contributed by atoms with Crippen molar-refractivity contribution in [3.8, 4) is 0 Å². The van der Waals surface area contributed by atoms with Crippen LogP contribution in [0.25, 0.3) is 0 Å². The molecule has 2 heteroatoms. The van der Waals surface area contributed by atoms with Crippen molar-refractivity contribution >= 4 is 22.6 Å². The van der Waals surface area contributed by atoms with E-state index in [-0.39, 0.29) is 0 Å². The molecule has 0 spiro atoms. The van der Waals surface area contributed by atoms with Crippen molar-refractivity contribution in [2.75, 3.05) is 11.0 Å². The Hall–Kier alpha value is 0.690.